The Hall–Kier alpha value is -1.84. The molecule has 0 aliphatic rings. The normalized spacial score (nSPS) is 9.23. The highest BCUT2D eigenvalue weighted by molar-refractivity contribution is 5.63. The average molecular weight is 303 g/mol. The molecule has 122 valence electrons. The summed E-state index contributed by atoms with van der Waals surface area (Å²) < 4.78 is 4.25. The van der Waals surface area contributed by atoms with E-state index < -0.39 is 0 Å². The van der Waals surface area contributed by atoms with Crippen LogP contribution in [0.3, 0.4) is 0 Å². The van der Waals surface area contributed by atoms with Gasteiger partial charge in [-0.15, -0.1) is 0 Å². The molecule has 0 aromatic heterocycles. The molecule has 0 radical (unpaired) electrons. The highest BCUT2D eigenvalue weighted by Gasteiger charge is 2.11. The van der Waals surface area contributed by atoms with Gasteiger partial charge in [0.25, 0.3) is 0 Å². The Bertz CT molecular complexity index is 416. The zero-order valence-electron chi connectivity index (χ0n) is 14.4. The highest BCUT2D eigenvalue weighted by Crippen LogP contribution is 2.26. The van der Waals surface area contributed by atoms with E-state index in [2.05, 4.69) is 72.0 Å². The van der Waals surface area contributed by atoms with E-state index in [9.17, 15) is 0 Å². The number of aliphatic hydroxyl groups is 1. The third-order valence-electron chi connectivity index (χ3n) is 2.59. The Morgan fingerprint density at radius 2 is 1.14 bits per heavy atom. The second-order valence-electron chi connectivity index (χ2n) is 4.86. The molecule has 0 heterocycles. The molecule has 2 rings (SSSR count). The SMILES string of the molecule is CC(C)N(c1ccccc1)c1ccccc1.CCO.COC. The van der Waals surface area contributed by atoms with Gasteiger partial charge in [-0.3, -0.25) is 0 Å². The molecule has 3 heteroatoms. The Morgan fingerprint density at radius 1 is 0.864 bits per heavy atom. The fourth-order valence-electron chi connectivity index (χ4n) is 1.92. The summed E-state index contributed by atoms with van der Waals surface area (Å²) in [6.45, 7) is 6.35. The minimum Gasteiger partial charge on any atom is -0.397 e. The molecule has 0 bridgehead atoms. The molecule has 0 saturated heterocycles. The maximum absolute atomic E-state index is 7.57. The van der Waals surface area contributed by atoms with Crippen molar-refractivity contribution in [3.63, 3.8) is 0 Å². The highest BCUT2D eigenvalue weighted by atomic mass is 16.4. The van der Waals surface area contributed by atoms with Crippen molar-refractivity contribution < 1.29 is 9.84 Å². The molecule has 0 unspecified atom stereocenters. The van der Waals surface area contributed by atoms with Gasteiger partial charge in [0.2, 0.25) is 0 Å². The van der Waals surface area contributed by atoms with Gasteiger partial charge in [-0.25, -0.2) is 0 Å². The molecular weight excluding hydrogens is 274 g/mol. The van der Waals surface area contributed by atoms with Crippen molar-refractivity contribution in [2.45, 2.75) is 26.8 Å². The Morgan fingerprint density at radius 3 is 1.36 bits per heavy atom. The second-order valence-corrected chi connectivity index (χ2v) is 4.86. The van der Waals surface area contributed by atoms with E-state index in [4.69, 9.17) is 5.11 Å². The molecular formula is C19H29NO2. The van der Waals surface area contributed by atoms with Crippen LogP contribution in [0, 0.1) is 0 Å². The van der Waals surface area contributed by atoms with Crippen LogP contribution in [0.5, 0.6) is 0 Å². The lowest BCUT2D eigenvalue weighted by Crippen LogP contribution is -2.25. The van der Waals surface area contributed by atoms with E-state index in [1.165, 1.54) is 11.4 Å². The van der Waals surface area contributed by atoms with Crippen LogP contribution in [0.25, 0.3) is 0 Å². The molecule has 2 aromatic rings. The van der Waals surface area contributed by atoms with Gasteiger partial charge in [-0.2, -0.15) is 0 Å². The van der Waals surface area contributed by atoms with Gasteiger partial charge < -0.3 is 14.7 Å². The number of rotatable bonds is 3. The summed E-state index contributed by atoms with van der Waals surface area (Å²) in [4.78, 5) is 2.33. The number of aliphatic hydroxyl groups excluding tert-OH is 1. The first-order valence-corrected chi connectivity index (χ1v) is 7.52. The lowest BCUT2D eigenvalue weighted by atomic mass is 10.2. The Labute approximate surface area is 135 Å². The van der Waals surface area contributed by atoms with E-state index in [0.717, 1.165) is 0 Å². The maximum atomic E-state index is 7.57. The zero-order chi connectivity index (χ0) is 16.8. The van der Waals surface area contributed by atoms with E-state index in [1.807, 2.05) is 12.1 Å². The minimum absolute atomic E-state index is 0.250. The first-order valence-electron chi connectivity index (χ1n) is 7.52. The number of nitrogens with zero attached hydrogens (tertiary/aromatic N) is 1. The molecule has 3 nitrogen and oxygen atoms in total. The van der Waals surface area contributed by atoms with Crippen molar-refractivity contribution >= 4 is 11.4 Å². The summed E-state index contributed by atoms with van der Waals surface area (Å²) in [5, 5.41) is 7.57. The Balaban J connectivity index is 0.000000639. The van der Waals surface area contributed by atoms with E-state index in [1.54, 1.807) is 21.1 Å². The molecule has 1 N–H and O–H groups in total. The molecule has 0 spiro atoms. The molecule has 2 aromatic carbocycles. The first kappa shape index (κ1) is 20.2. The van der Waals surface area contributed by atoms with Crippen LogP contribution in [-0.4, -0.2) is 32.0 Å². The lowest BCUT2D eigenvalue weighted by molar-refractivity contribution is 0.277. The molecule has 0 amide bonds. The summed E-state index contributed by atoms with van der Waals surface area (Å²) in [6.07, 6.45) is 0. The van der Waals surface area contributed by atoms with Gasteiger partial charge >= 0.3 is 0 Å². The number of methoxy groups -OCH3 is 1. The first-order chi connectivity index (χ1) is 10.6. The van der Waals surface area contributed by atoms with Crippen molar-refractivity contribution in [3.05, 3.63) is 60.7 Å². The summed E-state index contributed by atoms with van der Waals surface area (Å²) in [5.41, 5.74) is 2.48. The summed E-state index contributed by atoms with van der Waals surface area (Å²) in [5.74, 6) is 0. The third-order valence-corrected chi connectivity index (χ3v) is 2.59. The van der Waals surface area contributed by atoms with Gasteiger partial charge in [0.15, 0.2) is 0 Å². The van der Waals surface area contributed by atoms with Crippen molar-refractivity contribution in [1.82, 2.24) is 0 Å². The molecule has 0 atom stereocenters. The number of ether oxygens (including phenoxy) is 1. The maximum Gasteiger partial charge on any atom is 0.0413 e. The summed E-state index contributed by atoms with van der Waals surface area (Å²) in [7, 11) is 3.25. The van der Waals surface area contributed by atoms with Crippen LogP contribution in [0.2, 0.25) is 0 Å². The van der Waals surface area contributed by atoms with Crippen molar-refractivity contribution in [2.75, 3.05) is 25.7 Å². The van der Waals surface area contributed by atoms with Crippen molar-refractivity contribution in [1.29, 1.82) is 0 Å². The van der Waals surface area contributed by atoms with Crippen LogP contribution in [-0.2, 0) is 4.74 Å². The Kier molecular flexibility index (Phi) is 11.8. The summed E-state index contributed by atoms with van der Waals surface area (Å²) >= 11 is 0. The monoisotopic (exact) mass is 303 g/mol. The van der Waals surface area contributed by atoms with E-state index in [-0.39, 0.29) is 6.61 Å². The average Bonchev–Trinajstić information content (AvgIpc) is 2.51. The third kappa shape index (κ3) is 7.81. The quantitative estimate of drug-likeness (QED) is 0.906. The fraction of sp³-hybridized carbons (Fsp3) is 0.368. The number of benzene rings is 2. The fourth-order valence-corrected chi connectivity index (χ4v) is 1.92. The molecule has 22 heavy (non-hydrogen) atoms. The van der Waals surface area contributed by atoms with Gasteiger partial charge in [0.05, 0.1) is 0 Å². The molecule has 0 fully saturated rings. The molecule has 0 saturated carbocycles. The van der Waals surface area contributed by atoms with Gasteiger partial charge in [0.1, 0.15) is 0 Å². The largest absolute Gasteiger partial charge is 0.397 e. The zero-order valence-corrected chi connectivity index (χ0v) is 14.4. The van der Waals surface area contributed by atoms with Crippen molar-refractivity contribution in [3.8, 4) is 0 Å². The minimum atomic E-state index is 0.250. The van der Waals surface area contributed by atoms with Crippen LogP contribution in [0.1, 0.15) is 20.8 Å². The van der Waals surface area contributed by atoms with Crippen LogP contribution < -0.4 is 4.90 Å². The standard InChI is InChI=1S/C15H17N.2C2H6O/c1-13(2)16(14-9-5-3-6-10-14)15-11-7-4-8-12-15;1-3-2;1-2-3/h3-13H,1-2H3;1-2H3;3H,2H2,1H3. The van der Waals surface area contributed by atoms with Crippen LogP contribution >= 0.6 is 0 Å². The van der Waals surface area contributed by atoms with Crippen LogP contribution in [0.4, 0.5) is 11.4 Å². The number of hydrogen-bond donors (Lipinski definition) is 1. The second kappa shape index (κ2) is 12.9. The van der Waals surface area contributed by atoms with Crippen LogP contribution in [0.15, 0.2) is 60.7 Å². The topological polar surface area (TPSA) is 32.7 Å². The molecule has 0 aliphatic heterocycles. The molecule has 0 aliphatic carbocycles. The summed E-state index contributed by atoms with van der Waals surface area (Å²) in [6, 6.07) is 21.4. The lowest BCUT2D eigenvalue weighted by Gasteiger charge is -2.29. The number of anilines is 2. The van der Waals surface area contributed by atoms with E-state index in [0.29, 0.717) is 6.04 Å². The smallest absolute Gasteiger partial charge is 0.0413 e. The van der Waals surface area contributed by atoms with Gasteiger partial charge in [-0.1, -0.05) is 36.4 Å². The number of para-hydroxylation sites is 2. The van der Waals surface area contributed by atoms with Gasteiger partial charge in [0, 0.05) is 38.2 Å². The number of hydrogen-bond acceptors (Lipinski definition) is 3. The van der Waals surface area contributed by atoms with E-state index >= 15 is 0 Å². The predicted octanol–water partition coefficient (Wildman–Crippen LogP) is 4.49. The van der Waals surface area contributed by atoms with Gasteiger partial charge in [-0.05, 0) is 45.0 Å². The predicted molar refractivity (Wildman–Crippen MR) is 95.9 cm³/mol. The van der Waals surface area contributed by atoms with Crippen molar-refractivity contribution in [2.24, 2.45) is 0 Å².